The van der Waals surface area contributed by atoms with Gasteiger partial charge in [-0.3, -0.25) is 4.79 Å². The van der Waals surface area contributed by atoms with E-state index in [1.807, 2.05) is 24.3 Å². The number of amides is 1. The van der Waals surface area contributed by atoms with Crippen molar-refractivity contribution in [1.82, 2.24) is 15.1 Å². The molecule has 1 aliphatic rings. The first-order valence-electron chi connectivity index (χ1n) is 9.00. The molecule has 7 heteroatoms. The minimum atomic E-state index is 0. The normalized spacial score (nSPS) is 17.5. The largest absolute Gasteiger partial charge is 0.357 e. The van der Waals surface area contributed by atoms with Crippen molar-refractivity contribution in [2.45, 2.75) is 32.1 Å². The number of halogens is 1. The van der Waals surface area contributed by atoms with Crippen LogP contribution in [0.1, 0.15) is 36.2 Å². The summed E-state index contributed by atoms with van der Waals surface area (Å²) in [6.45, 7) is 7.95. The molecule has 0 bridgehead atoms. The molecule has 26 heavy (non-hydrogen) atoms. The lowest BCUT2D eigenvalue weighted by Gasteiger charge is -2.34. The van der Waals surface area contributed by atoms with Crippen molar-refractivity contribution in [3.05, 3.63) is 35.4 Å². The monoisotopic (exact) mass is 490 g/mol. The summed E-state index contributed by atoms with van der Waals surface area (Å²) < 4.78 is 0. The van der Waals surface area contributed by atoms with Gasteiger partial charge in [0.2, 0.25) is 0 Å². The van der Waals surface area contributed by atoms with E-state index < -0.39 is 0 Å². The number of carbonyl (C=O) groups excluding carboxylic acids is 1. The molecule has 1 aromatic rings. The lowest BCUT2D eigenvalue weighted by atomic mass is 10.1. The van der Waals surface area contributed by atoms with Crippen LogP contribution in [0.25, 0.3) is 0 Å². The number of aliphatic imine (C=N–C) groups is 1. The fourth-order valence-electron chi connectivity index (χ4n) is 2.76. The van der Waals surface area contributed by atoms with Gasteiger partial charge in [-0.2, -0.15) is 11.8 Å². The van der Waals surface area contributed by atoms with E-state index in [0.717, 1.165) is 36.9 Å². The Morgan fingerprint density at radius 1 is 1.31 bits per heavy atom. The number of carbonyl (C=O) groups is 1. The molecule has 2 rings (SSSR count). The average Bonchev–Trinajstić information content (AvgIpc) is 2.65. The summed E-state index contributed by atoms with van der Waals surface area (Å²) in [5.74, 6) is 2.18. The molecule has 0 saturated carbocycles. The van der Waals surface area contributed by atoms with E-state index in [9.17, 15) is 4.79 Å². The number of nitrogens with one attached hydrogen (secondary N) is 1. The maximum atomic E-state index is 12.0. The van der Waals surface area contributed by atoms with Crippen LogP contribution in [0.5, 0.6) is 0 Å². The SMILES string of the molecule is CCNC(=NCc1ccc(C(=O)N(C)C)cc1)N1CCSC(CC)C1.I. The van der Waals surface area contributed by atoms with E-state index in [1.165, 1.54) is 6.42 Å². The second kappa shape index (κ2) is 11.7. The Bertz CT molecular complexity index is 592. The smallest absolute Gasteiger partial charge is 0.253 e. The quantitative estimate of drug-likeness (QED) is 0.391. The molecule has 0 aliphatic carbocycles. The van der Waals surface area contributed by atoms with Crippen molar-refractivity contribution in [3.8, 4) is 0 Å². The molecule has 1 aromatic carbocycles. The molecule has 5 nitrogen and oxygen atoms in total. The van der Waals surface area contributed by atoms with Gasteiger partial charge >= 0.3 is 0 Å². The van der Waals surface area contributed by atoms with Crippen LogP contribution in [0, 0.1) is 0 Å². The maximum Gasteiger partial charge on any atom is 0.253 e. The van der Waals surface area contributed by atoms with Gasteiger partial charge in [0, 0.05) is 50.3 Å². The average molecular weight is 490 g/mol. The van der Waals surface area contributed by atoms with Crippen LogP contribution in [0.3, 0.4) is 0 Å². The number of hydrogen-bond acceptors (Lipinski definition) is 3. The molecule has 0 radical (unpaired) electrons. The third-order valence-electron chi connectivity index (χ3n) is 4.25. The highest BCUT2D eigenvalue weighted by Crippen LogP contribution is 2.21. The Labute approximate surface area is 179 Å². The molecule has 1 aliphatic heterocycles. The fourth-order valence-corrected chi connectivity index (χ4v) is 3.94. The first-order chi connectivity index (χ1) is 12.0. The molecule has 1 fully saturated rings. The predicted octanol–water partition coefficient (Wildman–Crippen LogP) is 3.30. The molecule has 0 aromatic heterocycles. The van der Waals surface area contributed by atoms with E-state index in [1.54, 1.807) is 19.0 Å². The zero-order chi connectivity index (χ0) is 18.2. The summed E-state index contributed by atoms with van der Waals surface area (Å²) in [7, 11) is 3.54. The molecule has 1 atom stereocenters. The van der Waals surface area contributed by atoms with Gasteiger partial charge in [0.05, 0.1) is 6.54 Å². The molecular formula is C19H31IN4OS. The summed E-state index contributed by atoms with van der Waals surface area (Å²) in [5, 5.41) is 4.11. The van der Waals surface area contributed by atoms with Crippen molar-refractivity contribution < 1.29 is 4.79 Å². The lowest BCUT2D eigenvalue weighted by molar-refractivity contribution is 0.0827. The Kier molecular flexibility index (Phi) is 10.4. The minimum absolute atomic E-state index is 0. The van der Waals surface area contributed by atoms with Crippen LogP contribution in [-0.4, -0.2) is 66.4 Å². The number of benzene rings is 1. The van der Waals surface area contributed by atoms with Crippen molar-refractivity contribution in [3.63, 3.8) is 0 Å². The number of nitrogens with zero attached hydrogens (tertiary/aromatic N) is 3. The first kappa shape index (κ1) is 23.1. The van der Waals surface area contributed by atoms with Gasteiger partial charge in [-0.05, 0) is 31.0 Å². The second-order valence-electron chi connectivity index (χ2n) is 6.41. The molecule has 1 N–H and O–H groups in total. The van der Waals surface area contributed by atoms with E-state index in [0.29, 0.717) is 17.4 Å². The van der Waals surface area contributed by atoms with Gasteiger partial charge in [-0.25, -0.2) is 4.99 Å². The van der Waals surface area contributed by atoms with E-state index >= 15 is 0 Å². The van der Waals surface area contributed by atoms with Gasteiger partial charge in [0.25, 0.3) is 5.91 Å². The first-order valence-corrected chi connectivity index (χ1v) is 10.1. The number of guanidine groups is 1. The summed E-state index contributed by atoms with van der Waals surface area (Å²) in [4.78, 5) is 20.7. The predicted molar refractivity (Wildman–Crippen MR) is 123 cm³/mol. The van der Waals surface area contributed by atoms with Gasteiger partial charge in [0.15, 0.2) is 5.96 Å². The Hall–Kier alpha value is -0.960. The molecule has 1 saturated heterocycles. The van der Waals surface area contributed by atoms with Gasteiger partial charge < -0.3 is 15.1 Å². The van der Waals surface area contributed by atoms with Crippen LogP contribution >= 0.6 is 35.7 Å². The third-order valence-corrected chi connectivity index (χ3v) is 5.62. The van der Waals surface area contributed by atoms with E-state index in [4.69, 9.17) is 4.99 Å². The van der Waals surface area contributed by atoms with Gasteiger partial charge in [0.1, 0.15) is 0 Å². The Morgan fingerprint density at radius 2 is 2.00 bits per heavy atom. The number of thioether (sulfide) groups is 1. The summed E-state index contributed by atoms with van der Waals surface area (Å²) in [6.07, 6.45) is 1.20. The standard InChI is InChI=1S/C19H30N4OS.HI/c1-5-17-14-23(11-12-25-17)19(20-6-2)21-13-15-7-9-16(10-8-15)18(24)22(3)4;/h7-10,17H,5-6,11-14H2,1-4H3,(H,20,21);1H. The number of rotatable bonds is 5. The number of hydrogen-bond donors (Lipinski definition) is 1. The zero-order valence-corrected chi connectivity index (χ0v) is 19.3. The van der Waals surface area contributed by atoms with Crippen molar-refractivity contribution >= 4 is 47.6 Å². The van der Waals surface area contributed by atoms with Crippen molar-refractivity contribution in [2.75, 3.05) is 39.5 Å². The molecular weight excluding hydrogens is 459 g/mol. The zero-order valence-electron chi connectivity index (χ0n) is 16.2. The van der Waals surface area contributed by atoms with E-state index in [2.05, 4.69) is 35.8 Å². The summed E-state index contributed by atoms with van der Waals surface area (Å²) in [5.41, 5.74) is 1.83. The van der Waals surface area contributed by atoms with Crippen LogP contribution in [-0.2, 0) is 6.54 Å². The van der Waals surface area contributed by atoms with Crippen molar-refractivity contribution in [1.29, 1.82) is 0 Å². The van der Waals surface area contributed by atoms with Crippen LogP contribution in [0.4, 0.5) is 0 Å². The lowest BCUT2D eigenvalue weighted by Crippen LogP contribution is -2.48. The third kappa shape index (κ3) is 6.64. The Morgan fingerprint density at radius 3 is 2.58 bits per heavy atom. The van der Waals surface area contributed by atoms with Gasteiger partial charge in [-0.1, -0.05) is 19.1 Å². The van der Waals surface area contributed by atoms with E-state index in [-0.39, 0.29) is 29.9 Å². The highest BCUT2D eigenvalue weighted by atomic mass is 127. The topological polar surface area (TPSA) is 47.9 Å². The Balaban J connectivity index is 0.00000338. The fraction of sp³-hybridized carbons (Fsp3) is 0.579. The van der Waals surface area contributed by atoms with Crippen LogP contribution in [0.2, 0.25) is 0 Å². The molecule has 0 spiro atoms. The van der Waals surface area contributed by atoms with Crippen LogP contribution in [0.15, 0.2) is 29.3 Å². The maximum absolute atomic E-state index is 12.0. The highest BCUT2D eigenvalue weighted by molar-refractivity contribution is 14.0. The highest BCUT2D eigenvalue weighted by Gasteiger charge is 2.21. The molecule has 1 unspecified atom stereocenters. The molecule has 1 heterocycles. The van der Waals surface area contributed by atoms with Gasteiger partial charge in [-0.15, -0.1) is 24.0 Å². The second-order valence-corrected chi connectivity index (χ2v) is 7.82. The summed E-state index contributed by atoms with van der Waals surface area (Å²) in [6, 6.07) is 7.74. The summed E-state index contributed by atoms with van der Waals surface area (Å²) >= 11 is 2.06. The van der Waals surface area contributed by atoms with Crippen LogP contribution < -0.4 is 5.32 Å². The molecule has 146 valence electrons. The molecule has 1 amide bonds. The minimum Gasteiger partial charge on any atom is -0.357 e. The van der Waals surface area contributed by atoms with Crippen molar-refractivity contribution in [2.24, 2.45) is 4.99 Å².